The van der Waals surface area contributed by atoms with Crippen molar-refractivity contribution in [2.24, 2.45) is 11.8 Å². The van der Waals surface area contributed by atoms with E-state index in [1.54, 1.807) is 0 Å². The van der Waals surface area contributed by atoms with E-state index in [0.29, 0.717) is 29.5 Å². The summed E-state index contributed by atoms with van der Waals surface area (Å²) in [7, 11) is 3.35. The fraction of sp³-hybridized carbons (Fsp3) is 0.957. The average molecular weight is 442 g/mol. The summed E-state index contributed by atoms with van der Waals surface area (Å²) in [5.74, 6) is 1.35. The van der Waals surface area contributed by atoms with Crippen LogP contribution in [-0.4, -0.2) is 85.9 Å². The lowest BCUT2D eigenvalue weighted by Crippen LogP contribution is -2.59. The molecule has 0 radical (unpaired) electrons. The number of methoxy groups -OCH3 is 2. The summed E-state index contributed by atoms with van der Waals surface area (Å²) in [6.07, 6.45) is 10.8. The van der Waals surface area contributed by atoms with Crippen LogP contribution in [0.2, 0.25) is 0 Å². The van der Waals surface area contributed by atoms with Gasteiger partial charge in [0.15, 0.2) is 0 Å². The minimum absolute atomic E-state index is 0.0697. The second kappa shape index (κ2) is 10.5. The van der Waals surface area contributed by atoms with Crippen LogP contribution in [0.5, 0.6) is 0 Å². The van der Waals surface area contributed by atoms with Crippen LogP contribution in [0.15, 0.2) is 0 Å². The number of alkyl halides is 1. The highest BCUT2D eigenvalue weighted by atomic mass is 35.5. The molecule has 2 heterocycles. The first-order valence-corrected chi connectivity index (χ1v) is 12.5. The van der Waals surface area contributed by atoms with Crippen molar-refractivity contribution in [3.63, 3.8) is 0 Å². The van der Waals surface area contributed by atoms with E-state index in [9.17, 15) is 4.79 Å². The molecule has 30 heavy (non-hydrogen) atoms. The molecule has 6 nitrogen and oxygen atoms in total. The molecular weight excluding hydrogens is 402 g/mol. The molecule has 2 saturated carbocycles. The molecule has 1 N–H and O–H groups in total. The minimum atomic E-state index is -0.115. The second-order valence-electron chi connectivity index (χ2n) is 10.0. The molecule has 4 aliphatic rings. The van der Waals surface area contributed by atoms with Gasteiger partial charge in [-0.3, -0.25) is 19.9 Å². The zero-order valence-electron chi connectivity index (χ0n) is 18.7. The van der Waals surface area contributed by atoms with Crippen LogP contribution in [0.4, 0.5) is 0 Å². The van der Waals surface area contributed by atoms with E-state index >= 15 is 0 Å². The topological polar surface area (TPSA) is 54.0 Å². The van der Waals surface area contributed by atoms with E-state index in [2.05, 4.69) is 15.1 Å². The van der Waals surface area contributed by atoms with Crippen LogP contribution in [-0.2, 0) is 14.3 Å². The maximum Gasteiger partial charge on any atom is 0.323 e. The third-order valence-corrected chi connectivity index (χ3v) is 8.63. The van der Waals surface area contributed by atoms with Crippen LogP contribution in [0, 0.1) is 11.8 Å². The normalized spacial score (nSPS) is 40.8. The van der Waals surface area contributed by atoms with Gasteiger partial charge in [0.25, 0.3) is 0 Å². The fourth-order valence-electron chi connectivity index (χ4n) is 6.28. The lowest BCUT2D eigenvalue weighted by molar-refractivity contribution is -0.149. The molecule has 2 aliphatic carbocycles. The summed E-state index contributed by atoms with van der Waals surface area (Å²) >= 11 is 6.31. The van der Waals surface area contributed by atoms with Crippen molar-refractivity contribution in [3.8, 4) is 0 Å². The molecule has 4 rings (SSSR count). The number of esters is 1. The molecule has 0 aromatic carbocycles. The largest absolute Gasteiger partial charge is 0.468 e. The van der Waals surface area contributed by atoms with Crippen LogP contribution < -0.4 is 5.32 Å². The molecule has 0 spiro atoms. The Bertz CT molecular complexity index is 564. The van der Waals surface area contributed by atoms with Gasteiger partial charge in [0.2, 0.25) is 0 Å². The van der Waals surface area contributed by atoms with Gasteiger partial charge >= 0.3 is 5.97 Å². The Morgan fingerprint density at radius 1 is 0.967 bits per heavy atom. The first-order chi connectivity index (χ1) is 14.6. The number of hydrogen-bond donors (Lipinski definition) is 1. The van der Waals surface area contributed by atoms with Gasteiger partial charge in [-0.05, 0) is 69.6 Å². The highest BCUT2D eigenvalue weighted by molar-refractivity contribution is 6.20. The molecule has 172 valence electrons. The van der Waals surface area contributed by atoms with E-state index in [0.717, 1.165) is 64.3 Å². The fourth-order valence-corrected chi connectivity index (χ4v) is 6.54. The Labute approximate surface area is 187 Å². The standard InChI is InChI=1S/C23H40ClN3O3/c1-29-19-9-5-17(6-10-19)12-26-14-22-20(11-21(26)23(28)30-2)25-15-27(22)13-16-3-7-18(24)8-4-16/h16-22,25H,3-15H2,1-2H3/t16?,17?,18?,19?,20?,21-,22?/m0/s1. The highest BCUT2D eigenvalue weighted by Gasteiger charge is 2.45. The highest BCUT2D eigenvalue weighted by Crippen LogP contribution is 2.33. The molecule has 7 heteroatoms. The van der Waals surface area contributed by atoms with Crippen LogP contribution in [0.3, 0.4) is 0 Å². The van der Waals surface area contributed by atoms with Crippen LogP contribution >= 0.6 is 11.6 Å². The van der Waals surface area contributed by atoms with Crippen molar-refractivity contribution in [3.05, 3.63) is 0 Å². The first-order valence-electron chi connectivity index (χ1n) is 12.0. The second-order valence-corrected chi connectivity index (χ2v) is 10.6. The van der Waals surface area contributed by atoms with E-state index in [1.807, 2.05) is 7.11 Å². The van der Waals surface area contributed by atoms with Crippen molar-refractivity contribution in [1.82, 2.24) is 15.1 Å². The average Bonchev–Trinajstić information content (AvgIpc) is 3.16. The van der Waals surface area contributed by atoms with Crippen molar-refractivity contribution in [1.29, 1.82) is 0 Å². The number of piperidine rings is 1. The predicted octanol–water partition coefficient (Wildman–Crippen LogP) is 2.84. The van der Waals surface area contributed by atoms with Gasteiger partial charge in [-0.15, -0.1) is 11.6 Å². The maximum absolute atomic E-state index is 12.6. The molecule has 0 amide bonds. The lowest BCUT2D eigenvalue weighted by atomic mass is 9.85. The summed E-state index contributed by atoms with van der Waals surface area (Å²) in [5, 5.41) is 4.08. The Kier molecular flexibility index (Phi) is 7.96. The summed E-state index contributed by atoms with van der Waals surface area (Å²) in [5.41, 5.74) is 0. The Balaban J connectivity index is 1.37. The van der Waals surface area contributed by atoms with Gasteiger partial charge < -0.3 is 9.47 Å². The predicted molar refractivity (Wildman–Crippen MR) is 119 cm³/mol. The first kappa shape index (κ1) is 22.8. The molecular formula is C23H40ClN3O3. The Morgan fingerprint density at radius 2 is 1.60 bits per heavy atom. The molecule has 2 saturated heterocycles. The lowest BCUT2D eigenvalue weighted by Gasteiger charge is -2.44. The Hall–Kier alpha value is -0.400. The number of nitrogens with zero attached hydrogens (tertiary/aromatic N) is 2. The van der Waals surface area contributed by atoms with Crippen molar-refractivity contribution >= 4 is 17.6 Å². The van der Waals surface area contributed by atoms with Gasteiger partial charge in [-0.1, -0.05) is 0 Å². The Morgan fingerprint density at radius 3 is 2.23 bits per heavy atom. The van der Waals surface area contributed by atoms with Gasteiger partial charge in [-0.2, -0.15) is 0 Å². The number of carbonyl (C=O) groups is 1. The minimum Gasteiger partial charge on any atom is -0.468 e. The number of halogens is 1. The number of hydrogen-bond acceptors (Lipinski definition) is 6. The molecule has 3 atom stereocenters. The third kappa shape index (κ3) is 5.32. The maximum atomic E-state index is 12.6. The number of fused-ring (bicyclic) bond motifs is 1. The van der Waals surface area contributed by atoms with Crippen LogP contribution in [0.1, 0.15) is 57.8 Å². The number of likely N-dealkylation sites (tertiary alicyclic amines) is 1. The van der Waals surface area contributed by atoms with Crippen LogP contribution in [0.25, 0.3) is 0 Å². The summed E-state index contributed by atoms with van der Waals surface area (Å²) in [6, 6.07) is 0.768. The van der Waals surface area contributed by atoms with Crippen molar-refractivity contribution in [2.45, 2.75) is 87.4 Å². The van der Waals surface area contributed by atoms with Gasteiger partial charge in [0, 0.05) is 50.9 Å². The molecule has 0 bridgehead atoms. The molecule has 2 unspecified atom stereocenters. The van der Waals surface area contributed by atoms with Crippen molar-refractivity contribution < 1.29 is 14.3 Å². The van der Waals surface area contributed by atoms with Gasteiger partial charge in [0.1, 0.15) is 6.04 Å². The van der Waals surface area contributed by atoms with Crippen molar-refractivity contribution in [2.75, 3.05) is 40.5 Å². The number of ether oxygens (including phenoxy) is 2. The number of rotatable bonds is 6. The number of nitrogens with one attached hydrogen (secondary N) is 1. The molecule has 2 aliphatic heterocycles. The van der Waals surface area contributed by atoms with E-state index in [4.69, 9.17) is 21.1 Å². The molecule has 0 aromatic rings. The van der Waals surface area contributed by atoms with Gasteiger partial charge in [-0.25, -0.2) is 0 Å². The molecule has 4 fully saturated rings. The summed E-state index contributed by atoms with van der Waals surface area (Å²) < 4.78 is 10.7. The third-order valence-electron chi connectivity index (χ3n) is 8.19. The van der Waals surface area contributed by atoms with E-state index in [-0.39, 0.29) is 12.0 Å². The van der Waals surface area contributed by atoms with E-state index < -0.39 is 0 Å². The quantitative estimate of drug-likeness (QED) is 0.505. The number of carbonyl (C=O) groups excluding carboxylic acids is 1. The molecule has 0 aromatic heterocycles. The monoisotopic (exact) mass is 441 g/mol. The summed E-state index contributed by atoms with van der Waals surface area (Å²) in [4.78, 5) is 17.7. The summed E-state index contributed by atoms with van der Waals surface area (Å²) in [6.45, 7) is 4.07. The smallest absolute Gasteiger partial charge is 0.323 e. The SMILES string of the molecule is COC(=O)[C@@H]1CC2NCN(CC3CCC(Cl)CC3)C2CN1CC1CCC(OC)CC1. The van der Waals surface area contributed by atoms with E-state index in [1.165, 1.54) is 32.8 Å². The van der Waals surface area contributed by atoms with Gasteiger partial charge in [0.05, 0.1) is 13.2 Å². The zero-order chi connectivity index (χ0) is 21.1. The zero-order valence-corrected chi connectivity index (χ0v) is 19.5.